The van der Waals surface area contributed by atoms with E-state index in [1.54, 1.807) is 18.2 Å². The number of carbonyl (C=O) groups excluding carboxylic acids is 2. The van der Waals surface area contributed by atoms with Crippen molar-refractivity contribution in [3.8, 4) is 0 Å². The number of anilines is 2. The summed E-state index contributed by atoms with van der Waals surface area (Å²) >= 11 is 0. The molecule has 0 bridgehead atoms. The lowest BCUT2D eigenvalue weighted by Crippen LogP contribution is -2.58. The van der Waals surface area contributed by atoms with Crippen LogP contribution in [0.1, 0.15) is 32.3 Å². The number of rotatable bonds is 9. The van der Waals surface area contributed by atoms with Crippen LogP contribution in [-0.2, 0) is 14.4 Å². The van der Waals surface area contributed by atoms with Gasteiger partial charge in [0.25, 0.3) is 5.69 Å². The van der Waals surface area contributed by atoms with Gasteiger partial charge in [-0.2, -0.15) is 0 Å². The number of hydrogen-bond acceptors (Lipinski definition) is 9. The SMILES string of the molecule is CCC(C(=O)N1CCN(c2ccc(C3=NOC(CNC(C)=O)C3)cc2F)CC1)N1CCN(c2ccc([N+](=O)[O-])cc2)CC1. The second kappa shape index (κ2) is 13.4. The minimum absolute atomic E-state index is 0.0716. The van der Waals surface area contributed by atoms with Crippen LogP contribution in [0.15, 0.2) is 47.6 Å². The van der Waals surface area contributed by atoms with E-state index in [1.807, 2.05) is 22.8 Å². The molecule has 0 aliphatic carbocycles. The van der Waals surface area contributed by atoms with E-state index < -0.39 is 4.92 Å². The second-order valence-electron chi connectivity index (χ2n) is 11.1. The Balaban J connectivity index is 1.11. The summed E-state index contributed by atoms with van der Waals surface area (Å²) in [5.41, 5.74) is 2.81. The van der Waals surface area contributed by atoms with Crippen molar-refractivity contribution in [1.29, 1.82) is 0 Å². The van der Waals surface area contributed by atoms with Gasteiger partial charge in [-0.15, -0.1) is 0 Å². The lowest BCUT2D eigenvalue weighted by atomic mass is 10.0. The summed E-state index contributed by atoms with van der Waals surface area (Å²) in [5, 5.41) is 17.7. The average Bonchev–Trinajstić information content (AvgIpc) is 3.50. The zero-order valence-electron chi connectivity index (χ0n) is 24.6. The predicted octanol–water partition coefficient (Wildman–Crippen LogP) is 2.61. The van der Waals surface area contributed by atoms with Gasteiger partial charge in [-0.05, 0) is 30.7 Å². The van der Waals surface area contributed by atoms with E-state index in [4.69, 9.17) is 4.84 Å². The first-order valence-corrected chi connectivity index (χ1v) is 14.8. The Labute approximate surface area is 250 Å². The van der Waals surface area contributed by atoms with Gasteiger partial charge in [-0.3, -0.25) is 24.6 Å². The van der Waals surface area contributed by atoms with E-state index in [0.717, 1.165) is 31.9 Å². The Bertz CT molecular complexity index is 1360. The van der Waals surface area contributed by atoms with E-state index >= 15 is 4.39 Å². The van der Waals surface area contributed by atoms with Crippen molar-refractivity contribution in [2.24, 2.45) is 5.16 Å². The van der Waals surface area contributed by atoms with Gasteiger partial charge in [0.2, 0.25) is 11.8 Å². The number of piperazine rings is 2. The maximum atomic E-state index is 15.2. The first kappa shape index (κ1) is 30.2. The summed E-state index contributed by atoms with van der Waals surface area (Å²) in [7, 11) is 0. The summed E-state index contributed by atoms with van der Waals surface area (Å²) in [6, 6.07) is 11.4. The highest BCUT2D eigenvalue weighted by Gasteiger charge is 2.33. The van der Waals surface area contributed by atoms with E-state index in [2.05, 4.69) is 20.3 Å². The third kappa shape index (κ3) is 7.04. The molecule has 2 aromatic rings. The zero-order chi connectivity index (χ0) is 30.5. The topological polar surface area (TPSA) is 124 Å². The van der Waals surface area contributed by atoms with Gasteiger partial charge in [-0.25, -0.2) is 4.39 Å². The van der Waals surface area contributed by atoms with Crippen molar-refractivity contribution in [2.45, 2.75) is 38.8 Å². The molecule has 12 nitrogen and oxygen atoms in total. The van der Waals surface area contributed by atoms with Crippen molar-refractivity contribution in [3.63, 3.8) is 0 Å². The van der Waals surface area contributed by atoms with Crippen molar-refractivity contribution < 1.29 is 23.7 Å². The maximum Gasteiger partial charge on any atom is 0.269 e. The minimum Gasteiger partial charge on any atom is -0.390 e. The molecular weight excluding hydrogens is 557 g/mol. The molecule has 3 aliphatic heterocycles. The van der Waals surface area contributed by atoms with Crippen LogP contribution in [0.4, 0.5) is 21.5 Å². The molecule has 2 unspecified atom stereocenters. The van der Waals surface area contributed by atoms with Crippen LogP contribution < -0.4 is 15.1 Å². The molecule has 5 rings (SSSR count). The average molecular weight is 596 g/mol. The lowest BCUT2D eigenvalue weighted by Gasteiger charge is -2.42. The van der Waals surface area contributed by atoms with Crippen LogP contribution >= 0.6 is 0 Å². The summed E-state index contributed by atoms with van der Waals surface area (Å²) in [6.07, 6.45) is 0.925. The molecule has 2 atom stereocenters. The van der Waals surface area contributed by atoms with Crippen LogP contribution in [-0.4, -0.2) is 103 Å². The first-order valence-electron chi connectivity index (χ1n) is 14.8. The number of non-ortho nitro benzene ring substituents is 1. The van der Waals surface area contributed by atoms with Crippen LogP contribution in [0.5, 0.6) is 0 Å². The number of amides is 2. The fourth-order valence-electron chi connectivity index (χ4n) is 5.95. The number of hydrogen-bond donors (Lipinski definition) is 1. The Morgan fingerprint density at radius 1 is 1.05 bits per heavy atom. The van der Waals surface area contributed by atoms with Gasteiger partial charge < -0.3 is 24.9 Å². The molecule has 2 fully saturated rings. The molecule has 1 N–H and O–H groups in total. The highest BCUT2D eigenvalue weighted by atomic mass is 19.1. The molecule has 0 aromatic heterocycles. The number of nitro groups is 1. The molecule has 2 amide bonds. The molecule has 0 saturated carbocycles. The number of benzene rings is 2. The van der Waals surface area contributed by atoms with Gasteiger partial charge in [0.1, 0.15) is 11.9 Å². The Morgan fingerprint density at radius 2 is 1.72 bits per heavy atom. The van der Waals surface area contributed by atoms with E-state index in [-0.39, 0.29) is 35.5 Å². The fraction of sp³-hybridized carbons (Fsp3) is 0.500. The number of halogens is 1. The minimum atomic E-state index is -0.401. The summed E-state index contributed by atoms with van der Waals surface area (Å²) in [4.78, 5) is 48.9. The monoisotopic (exact) mass is 595 g/mol. The third-order valence-corrected chi connectivity index (χ3v) is 8.38. The smallest absolute Gasteiger partial charge is 0.269 e. The summed E-state index contributed by atoms with van der Waals surface area (Å²) < 4.78 is 15.2. The number of nitrogens with zero attached hydrogens (tertiary/aromatic N) is 6. The molecule has 0 radical (unpaired) electrons. The van der Waals surface area contributed by atoms with Crippen molar-refractivity contribution in [1.82, 2.24) is 15.1 Å². The lowest BCUT2D eigenvalue weighted by molar-refractivity contribution is -0.384. The van der Waals surface area contributed by atoms with Crippen molar-refractivity contribution >= 4 is 34.6 Å². The Kier molecular flexibility index (Phi) is 9.39. The molecule has 2 saturated heterocycles. The molecule has 13 heteroatoms. The predicted molar refractivity (Wildman–Crippen MR) is 161 cm³/mol. The van der Waals surface area contributed by atoms with Crippen LogP contribution in [0.2, 0.25) is 0 Å². The second-order valence-corrected chi connectivity index (χ2v) is 11.1. The number of nitrogens with one attached hydrogen (secondary N) is 1. The first-order chi connectivity index (χ1) is 20.7. The molecular formula is C30H38FN7O5. The van der Waals surface area contributed by atoms with E-state index in [1.165, 1.54) is 25.1 Å². The van der Waals surface area contributed by atoms with Crippen LogP contribution in [0.3, 0.4) is 0 Å². The maximum absolute atomic E-state index is 15.2. The standard InChI is InChI=1S/C30H38FN7O5/c1-3-28(35-12-10-34(11-13-35)23-5-7-24(8-6-23)38(41)42)30(40)37-16-14-36(15-17-37)29-9-4-22(18-26(29)31)27-19-25(43-33-27)20-32-21(2)39/h4-9,18,25,28H,3,10-17,19-20H2,1-2H3,(H,32,39). The number of oxime groups is 1. The fourth-order valence-corrected chi connectivity index (χ4v) is 5.95. The molecule has 3 aliphatic rings. The molecule has 2 aromatic carbocycles. The molecule has 43 heavy (non-hydrogen) atoms. The van der Waals surface area contributed by atoms with Crippen molar-refractivity contribution in [2.75, 3.05) is 68.7 Å². The van der Waals surface area contributed by atoms with Crippen LogP contribution in [0.25, 0.3) is 0 Å². The number of nitro benzene ring substituents is 1. The zero-order valence-corrected chi connectivity index (χ0v) is 24.6. The highest BCUT2D eigenvalue weighted by molar-refractivity contribution is 6.01. The third-order valence-electron chi connectivity index (χ3n) is 8.38. The van der Waals surface area contributed by atoms with E-state index in [0.29, 0.717) is 62.5 Å². The summed E-state index contributed by atoms with van der Waals surface area (Å²) in [6.45, 7) is 8.85. The van der Waals surface area contributed by atoms with Gasteiger partial charge in [0.15, 0.2) is 0 Å². The summed E-state index contributed by atoms with van der Waals surface area (Å²) in [5.74, 6) is -0.378. The molecule has 0 spiro atoms. The quantitative estimate of drug-likeness (QED) is 0.347. The Hall–Kier alpha value is -4.26. The molecule has 3 heterocycles. The normalized spacial score (nSPS) is 19.9. The number of carbonyl (C=O) groups is 2. The molecule has 230 valence electrons. The highest BCUT2D eigenvalue weighted by Crippen LogP contribution is 2.26. The van der Waals surface area contributed by atoms with Gasteiger partial charge in [0.05, 0.1) is 28.9 Å². The van der Waals surface area contributed by atoms with E-state index in [9.17, 15) is 19.7 Å². The Morgan fingerprint density at radius 3 is 2.33 bits per heavy atom. The van der Waals surface area contributed by atoms with Gasteiger partial charge in [-0.1, -0.05) is 18.1 Å². The van der Waals surface area contributed by atoms with Crippen molar-refractivity contribution in [3.05, 3.63) is 64.0 Å². The van der Waals surface area contributed by atoms with Gasteiger partial charge in [0, 0.05) is 89.1 Å². The van der Waals surface area contributed by atoms with Crippen LogP contribution in [0, 0.1) is 15.9 Å². The van der Waals surface area contributed by atoms with Gasteiger partial charge >= 0.3 is 0 Å². The largest absolute Gasteiger partial charge is 0.390 e.